The number of halogens is 1. The topological polar surface area (TPSA) is 37.8 Å². The van der Waals surface area contributed by atoms with Gasteiger partial charge in [-0.25, -0.2) is 9.97 Å². The van der Waals surface area contributed by atoms with Crippen LogP contribution in [0, 0.1) is 3.57 Å². The highest BCUT2D eigenvalue weighted by Crippen LogP contribution is 2.28. The number of aromatic nitrogens is 2. The molecule has 0 aliphatic carbocycles. The quantitative estimate of drug-likeness (QED) is 0.812. The van der Waals surface area contributed by atoms with Crippen LogP contribution in [0.15, 0.2) is 0 Å². The summed E-state index contributed by atoms with van der Waals surface area (Å²) in [5.41, 5.74) is 1.13. The monoisotopic (exact) mass is 361 g/mol. The Kier molecular flexibility index (Phi) is 5.37. The fourth-order valence-electron chi connectivity index (χ4n) is 1.54. The van der Waals surface area contributed by atoms with Gasteiger partial charge in [-0.15, -0.1) is 0 Å². The molecule has 0 radical (unpaired) electrons. The van der Waals surface area contributed by atoms with Crippen molar-refractivity contribution in [3.63, 3.8) is 0 Å². The molecule has 102 valence electrons. The van der Waals surface area contributed by atoms with E-state index < -0.39 is 0 Å². The predicted molar refractivity (Wildman–Crippen MR) is 86.3 cm³/mol. The van der Waals surface area contributed by atoms with Gasteiger partial charge in [0.2, 0.25) is 0 Å². The summed E-state index contributed by atoms with van der Waals surface area (Å²) in [4.78, 5) is 9.45. The molecular weight excluding hydrogens is 337 g/mol. The Labute approximate surface area is 124 Å². The van der Waals surface area contributed by atoms with Gasteiger partial charge in [0, 0.05) is 12.0 Å². The van der Waals surface area contributed by atoms with E-state index in [1.54, 1.807) is 0 Å². The lowest BCUT2D eigenvalue weighted by atomic mass is 9.95. The molecule has 0 atom stereocenters. The number of hydrogen-bond donors (Lipinski definition) is 1. The van der Waals surface area contributed by atoms with Gasteiger partial charge in [-0.1, -0.05) is 41.5 Å². The lowest BCUT2D eigenvalue weighted by Gasteiger charge is -2.21. The zero-order chi connectivity index (χ0) is 13.9. The first-order chi connectivity index (χ1) is 8.27. The van der Waals surface area contributed by atoms with E-state index in [9.17, 15) is 0 Å². The number of hydrogen-bond acceptors (Lipinski definition) is 3. The average molecular weight is 361 g/mol. The molecule has 0 bridgehead atoms. The fraction of sp³-hybridized carbons (Fsp3) is 0.714. The van der Waals surface area contributed by atoms with Crippen LogP contribution in [0.1, 0.15) is 65.4 Å². The average Bonchev–Trinajstić information content (AvgIpc) is 2.25. The first kappa shape index (κ1) is 15.7. The van der Waals surface area contributed by atoms with Crippen molar-refractivity contribution in [3.05, 3.63) is 15.1 Å². The molecule has 1 aromatic rings. The van der Waals surface area contributed by atoms with Crippen molar-refractivity contribution in [3.8, 4) is 0 Å². The first-order valence-corrected chi connectivity index (χ1v) is 7.67. The third-order valence-corrected chi connectivity index (χ3v) is 3.70. The maximum atomic E-state index is 4.75. The molecule has 0 aliphatic rings. The van der Waals surface area contributed by atoms with Crippen LogP contribution in [0.4, 0.5) is 5.82 Å². The zero-order valence-electron chi connectivity index (χ0n) is 12.3. The molecule has 1 aromatic heterocycles. The summed E-state index contributed by atoms with van der Waals surface area (Å²) in [7, 11) is 0. The Morgan fingerprint density at radius 3 is 2.28 bits per heavy atom. The standard InChI is InChI=1S/C14H24IN3/c1-7-8-16-12-10(15)11(9(2)3)17-13(18-12)14(4,5)6/h9H,7-8H2,1-6H3,(H,16,17,18). The van der Waals surface area contributed by atoms with Crippen LogP contribution in [0.3, 0.4) is 0 Å². The van der Waals surface area contributed by atoms with E-state index in [2.05, 4.69) is 69.5 Å². The fourth-order valence-corrected chi connectivity index (χ4v) is 2.60. The summed E-state index contributed by atoms with van der Waals surface area (Å²) in [5, 5.41) is 3.41. The minimum absolute atomic E-state index is 0.0172. The van der Waals surface area contributed by atoms with Gasteiger partial charge in [-0.2, -0.15) is 0 Å². The molecule has 3 nitrogen and oxygen atoms in total. The van der Waals surface area contributed by atoms with E-state index in [0.29, 0.717) is 5.92 Å². The van der Waals surface area contributed by atoms with Gasteiger partial charge in [-0.05, 0) is 34.9 Å². The molecule has 1 rings (SSSR count). The minimum Gasteiger partial charge on any atom is -0.369 e. The van der Waals surface area contributed by atoms with Crippen LogP contribution in [-0.2, 0) is 5.41 Å². The van der Waals surface area contributed by atoms with Gasteiger partial charge in [-0.3, -0.25) is 0 Å². The summed E-state index contributed by atoms with van der Waals surface area (Å²) in [6, 6.07) is 0. The Morgan fingerprint density at radius 2 is 1.83 bits per heavy atom. The summed E-state index contributed by atoms with van der Waals surface area (Å²) in [6.07, 6.45) is 1.10. The van der Waals surface area contributed by atoms with E-state index in [4.69, 9.17) is 9.97 Å². The predicted octanol–water partition coefficient (Wildman–Crippen LogP) is 4.32. The van der Waals surface area contributed by atoms with Crippen LogP contribution in [0.25, 0.3) is 0 Å². The number of rotatable bonds is 4. The van der Waals surface area contributed by atoms with Gasteiger partial charge in [0.15, 0.2) is 0 Å². The van der Waals surface area contributed by atoms with Gasteiger partial charge in [0.05, 0.1) is 9.26 Å². The highest BCUT2D eigenvalue weighted by molar-refractivity contribution is 14.1. The number of nitrogens with zero attached hydrogens (tertiary/aromatic N) is 2. The highest BCUT2D eigenvalue weighted by atomic mass is 127. The maximum absolute atomic E-state index is 4.75. The molecule has 1 N–H and O–H groups in total. The van der Waals surface area contributed by atoms with Crippen LogP contribution in [0.5, 0.6) is 0 Å². The van der Waals surface area contributed by atoms with E-state index in [1.807, 2.05) is 0 Å². The van der Waals surface area contributed by atoms with Crippen molar-refractivity contribution in [1.29, 1.82) is 0 Å². The van der Waals surface area contributed by atoms with E-state index in [-0.39, 0.29) is 5.41 Å². The smallest absolute Gasteiger partial charge is 0.143 e. The Balaban J connectivity index is 3.28. The van der Waals surface area contributed by atoms with Gasteiger partial charge >= 0.3 is 0 Å². The lowest BCUT2D eigenvalue weighted by Crippen LogP contribution is -2.20. The summed E-state index contributed by atoms with van der Waals surface area (Å²) < 4.78 is 1.16. The normalized spacial score (nSPS) is 12.0. The Morgan fingerprint density at radius 1 is 1.22 bits per heavy atom. The van der Waals surface area contributed by atoms with Crippen LogP contribution in [-0.4, -0.2) is 16.5 Å². The highest BCUT2D eigenvalue weighted by Gasteiger charge is 2.22. The second kappa shape index (κ2) is 6.17. The van der Waals surface area contributed by atoms with Crippen molar-refractivity contribution in [1.82, 2.24) is 9.97 Å². The largest absolute Gasteiger partial charge is 0.369 e. The second-order valence-electron chi connectivity index (χ2n) is 5.93. The molecule has 0 amide bonds. The number of anilines is 1. The van der Waals surface area contributed by atoms with Gasteiger partial charge in [0.25, 0.3) is 0 Å². The Hall–Kier alpha value is -0.390. The van der Waals surface area contributed by atoms with Crippen molar-refractivity contribution in [2.45, 2.75) is 59.3 Å². The lowest BCUT2D eigenvalue weighted by molar-refractivity contribution is 0.538. The maximum Gasteiger partial charge on any atom is 0.143 e. The van der Waals surface area contributed by atoms with Crippen molar-refractivity contribution in [2.24, 2.45) is 0 Å². The summed E-state index contributed by atoms with van der Waals surface area (Å²) >= 11 is 2.35. The molecule has 0 spiro atoms. The first-order valence-electron chi connectivity index (χ1n) is 6.59. The molecule has 0 saturated heterocycles. The number of nitrogens with one attached hydrogen (secondary N) is 1. The third kappa shape index (κ3) is 3.80. The molecule has 0 fully saturated rings. The van der Waals surface area contributed by atoms with Gasteiger partial charge < -0.3 is 5.32 Å². The second-order valence-corrected chi connectivity index (χ2v) is 7.01. The molecule has 18 heavy (non-hydrogen) atoms. The molecule has 0 aromatic carbocycles. The summed E-state index contributed by atoms with van der Waals surface area (Å²) in [5.74, 6) is 2.33. The molecule has 0 aliphatic heterocycles. The Bertz CT molecular complexity index is 408. The van der Waals surface area contributed by atoms with E-state index in [0.717, 1.165) is 33.9 Å². The third-order valence-electron chi connectivity index (χ3n) is 2.64. The van der Waals surface area contributed by atoms with Crippen molar-refractivity contribution < 1.29 is 0 Å². The van der Waals surface area contributed by atoms with Crippen molar-refractivity contribution in [2.75, 3.05) is 11.9 Å². The van der Waals surface area contributed by atoms with E-state index >= 15 is 0 Å². The zero-order valence-corrected chi connectivity index (χ0v) is 14.4. The van der Waals surface area contributed by atoms with E-state index in [1.165, 1.54) is 0 Å². The SMILES string of the molecule is CCCNc1nc(C(C)(C)C)nc(C(C)C)c1I. The molecule has 1 heterocycles. The minimum atomic E-state index is -0.0172. The molecule has 4 heteroatoms. The summed E-state index contributed by atoms with van der Waals surface area (Å²) in [6.45, 7) is 13.9. The van der Waals surface area contributed by atoms with Crippen LogP contribution >= 0.6 is 22.6 Å². The van der Waals surface area contributed by atoms with Crippen LogP contribution < -0.4 is 5.32 Å². The molecular formula is C14H24IN3. The molecule has 0 unspecified atom stereocenters. The van der Waals surface area contributed by atoms with Crippen LogP contribution in [0.2, 0.25) is 0 Å². The van der Waals surface area contributed by atoms with Gasteiger partial charge in [0.1, 0.15) is 11.6 Å². The molecule has 0 saturated carbocycles. The van der Waals surface area contributed by atoms with Crippen molar-refractivity contribution >= 4 is 28.4 Å².